The van der Waals surface area contributed by atoms with Gasteiger partial charge >= 0.3 is 6.09 Å². The molecule has 20 heavy (non-hydrogen) atoms. The standard InChI is InChI=1S/C13H18N4O2S/c1-13(2,3)19-12(18)15-6-5-14-10-9-4-7-20-11(9)17-8-16-10/h4,7-8H,5-6H2,1-3H3,(H,15,18)(H,14,16,17). The molecule has 2 rings (SSSR count). The van der Waals surface area contributed by atoms with Crippen molar-refractivity contribution >= 4 is 33.5 Å². The van der Waals surface area contributed by atoms with Crippen LogP contribution < -0.4 is 10.6 Å². The fourth-order valence-electron chi connectivity index (χ4n) is 1.59. The largest absolute Gasteiger partial charge is 0.444 e. The molecule has 108 valence electrons. The number of carbonyl (C=O) groups is 1. The molecular weight excluding hydrogens is 276 g/mol. The van der Waals surface area contributed by atoms with Gasteiger partial charge in [0.25, 0.3) is 0 Å². The van der Waals surface area contributed by atoms with Crippen LogP contribution in [0.4, 0.5) is 10.6 Å². The van der Waals surface area contributed by atoms with E-state index in [-0.39, 0.29) is 0 Å². The minimum atomic E-state index is -0.479. The summed E-state index contributed by atoms with van der Waals surface area (Å²) in [6, 6.07) is 1.98. The summed E-state index contributed by atoms with van der Waals surface area (Å²) < 4.78 is 5.15. The zero-order valence-electron chi connectivity index (χ0n) is 11.8. The van der Waals surface area contributed by atoms with Crippen molar-refractivity contribution in [3.05, 3.63) is 17.8 Å². The number of fused-ring (bicyclic) bond motifs is 1. The van der Waals surface area contributed by atoms with Gasteiger partial charge in [0, 0.05) is 13.1 Å². The third kappa shape index (κ3) is 4.06. The molecule has 2 aromatic heterocycles. The molecule has 0 fully saturated rings. The number of nitrogens with zero attached hydrogens (tertiary/aromatic N) is 2. The van der Waals surface area contributed by atoms with Gasteiger partial charge in [-0.2, -0.15) is 0 Å². The van der Waals surface area contributed by atoms with Crippen LogP contribution in [0.5, 0.6) is 0 Å². The molecule has 2 heterocycles. The molecule has 0 saturated carbocycles. The molecule has 0 aliphatic heterocycles. The Hall–Kier alpha value is -1.89. The quantitative estimate of drug-likeness (QED) is 0.848. The van der Waals surface area contributed by atoms with Crippen molar-refractivity contribution in [3.63, 3.8) is 0 Å². The van der Waals surface area contributed by atoms with Crippen molar-refractivity contribution in [3.8, 4) is 0 Å². The number of hydrogen-bond acceptors (Lipinski definition) is 6. The Balaban J connectivity index is 1.79. The molecule has 2 N–H and O–H groups in total. The third-order valence-corrected chi connectivity index (χ3v) is 3.17. The molecule has 2 aromatic rings. The van der Waals surface area contributed by atoms with Crippen molar-refractivity contribution in [1.82, 2.24) is 15.3 Å². The van der Waals surface area contributed by atoms with Gasteiger partial charge in [0.2, 0.25) is 0 Å². The first-order valence-electron chi connectivity index (χ1n) is 6.34. The summed E-state index contributed by atoms with van der Waals surface area (Å²) in [5.74, 6) is 0.780. The highest BCUT2D eigenvalue weighted by atomic mass is 32.1. The Bertz CT molecular complexity index is 591. The van der Waals surface area contributed by atoms with E-state index in [0.29, 0.717) is 13.1 Å². The highest BCUT2D eigenvalue weighted by molar-refractivity contribution is 7.16. The first-order chi connectivity index (χ1) is 9.46. The fraction of sp³-hybridized carbons (Fsp3) is 0.462. The Morgan fingerprint density at radius 3 is 2.90 bits per heavy atom. The minimum absolute atomic E-state index is 0.414. The average Bonchev–Trinajstić information content (AvgIpc) is 2.81. The van der Waals surface area contributed by atoms with E-state index in [2.05, 4.69) is 20.6 Å². The number of alkyl carbamates (subject to hydrolysis) is 1. The predicted molar refractivity (Wildman–Crippen MR) is 80.1 cm³/mol. The number of aromatic nitrogens is 2. The Morgan fingerprint density at radius 1 is 1.35 bits per heavy atom. The van der Waals surface area contributed by atoms with Gasteiger partial charge in [-0.05, 0) is 32.2 Å². The normalized spacial score (nSPS) is 11.3. The molecule has 0 unspecified atom stereocenters. The first kappa shape index (κ1) is 14.5. The lowest BCUT2D eigenvalue weighted by atomic mass is 10.2. The van der Waals surface area contributed by atoms with Crippen LogP contribution in [0.1, 0.15) is 20.8 Å². The van der Waals surface area contributed by atoms with Crippen LogP contribution in [0.3, 0.4) is 0 Å². The highest BCUT2D eigenvalue weighted by Crippen LogP contribution is 2.23. The van der Waals surface area contributed by atoms with Gasteiger partial charge in [-0.15, -0.1) is 11.3 Å². The smallest absolute Gasteiger partial charge is 0.407 e. The Kier molecular flexibility index (Phi) is 4.39. The number of carbonyl (C=O) groups excluding carboxylic acids is 1. The van der Waals surface area contributed by atoms with Crippen LogP contribution in [0, 0.1) is 0 Å². The Morgan fingerprint density at radius 2 is 2.15 bits per heavy atom. The van der Waals surface area contributed by atoms with Crippen LogP contribution in [0.2, 0.25) is 0 Å². The predicted octanol–water partition coefficient (Wildman–Crippen LogP) is 2.63. The first-order valence-corrected chi connectivity index (χ1v) is 7.22. The zero-order chi connectivity index (χ0) is 14.6. The van der Waals surface area contributed by atoms with E-state index in [1.165, 1.54) is 6.33 Å². The summed E-state index contributed by atoms with van der Waals surface area (Å²) in [5, 5.41) is 8.83. The molecule has 1 amide bonds. The minimum Gasteiger partial charge on any atom is -0.444 e. The van der Waals surface area contributed by atoms with Gasteiger partial charge in [-0.25, -0.2) is 14.8 Å². The molecule has 0 aromatic carbocycles. The van der Waals surface area contributed by atoms with Crippen molar-refractivity contribution in [2.45, 2.75) is 26.4 Å². The molecule has 0 radical (unpaired) electrons. The van der Waals surface area contributed by atoms with Crippen LogP contribution in [-0.2, 0) is 4.74 Å². The average molecular weight is 294 g/mol. The number of hydrogen-bond donors (Lipinski definition) is 2. The zero-order valence-corrected chi connectivity index (χ0v) is 12.6. The second kappa shape index (κ2) is 6.04. The number of anilines is 1. The molecule has 0 aliphatic carbocycles. The fourth-order valence-corrected chi connectivity index (χ4v) is 2.32. The van der Waals surface area contributed by atoms with E-state index in [4.69, 9.17) is 4.74 Å². The van der Waals surface area contributed by atoms with Gasteiger partial charge in [-0.1, -0.05) is 0 Å². The maximum Gasteiger partial charge on any atom is 0.407 e. The highest BCUT2D eigenvalue weighted by Gasteiger charge is 2.15. The monoisotopic (exact) mass is 294 g/mol. The van der Waals surface area contributed by atoms with Gasteiger partial charge in [-0.3, -0.25) is 0 Å². The molecular formula is C13H18N4O2S. The van der Waals surface area contributed by atoms with Gasteiger partial charge in [0.15, 0.2) is 0 Å². The number of nitrogens with one attached hydrogen (secondary N) is 2. The van der Waals surface area contributed by atoms with Gasteiger partial charge in [0.05, 0.1) is 5.39 Å². The van der Waals surface area contributed by atoms with Crippen molar-refractivity contribution in [2.75, 3.05) is 18.4 Å². The second-order valence-electron chi connectivity index (χ2n) is 5.22. The van der Waals surface area contributed by atoms with Crippen LogP contribution in [0.15, 0.2) is 17.8 Å². The lowest BCUT2D eigenvalue weighted by molar-refractivity contribution is 0.0530. The Labute approximate surface area is 121 Å². The molecule has 0 aliphatic rings. The molecule has 7 heteroatoms. The van der Waals surface area contributed by atoms with Crippen molar-refractivity contribution in [1.29, 1.82) is 0 Å². The number of ether oxygens (including phenoxy) is 1. The topological polar surface area (TPSA) is 76.1 Å². The summed E-state index contributed by atoms with van der Waals surface area (Å²) in [6.45, 7) is 6.53. The third-order valence-electron chi connectivity index (χ3n) is 2.35. The van der Waals surface area contributed by atoms with Crippen molar-refractivity contribution in [2.24, 2.45) is 0 Å². The lowest BCUT2D eigenvalue weighted by Crippen LogP contribution is -2.35. The SMILES string of the molecule is CC(C)(C)OC(=O)NCCNc1ncnc2sccc12. The van der Waals surface area contributed by atoms with E-state index < -0.39 is 11.7 Å². The summed E-state index contributed by atoms with van der Waals surface area (Å²) >= 11 is 1.57. The van der Waals surface area contributed by atoms with Gasteiger partial charge in [0.1, 0.15) is 22.6 Å². The molecule has 6 nitrogen and oxygen atoms in total. The maximum absolute atomic E-state index is 11.5. The van der Waals surface area contributed by atoms with E-state index in [1.54, 1.807) is 11.3 Å². The summed E-state index contributed by atoms with van der Waals surface area (Å²) in [7, 11) is 0. The summed E-state index contributed by atoms with van der Waals surface area (Å²) in [4.78, 5) is 20.8. The number of amides is 1. The van der Waals surface area contributed by atoms with E-state index in [9.17, 15) is 4.79 Å². The van der Waals surface area contributed by atoms with Crippen LogP contribution >= 0.6 is 11.3 Å². The van der Waals surface area contributed by atoms with Crippen LogP contribution in [-0.4, -0.2) is 34.8 Å². The number of thiophene rings is 1. The molecule has 0 spiro atoms. The number of rotatable bonds is 4. The van der Waals surface area contributed by atoms with Crippen molar-refractivity contribution < 1.29 is 9.53 Å². The summed E-state index contributed by atoms with van der Waals surface area (Å²) in [6.07, 6.45) is 1.12. The second-order valence-corrected chi connectivity index (χ2v) is 6.11. The van der Waals surface area contributed by atoms with Crippen LogP contribution in [0.25, 0.3) is 10.2 Å². The van der Waals surface area contributed by atoms with E-state index in [1.807, 2.05) is 32.2 Å². The molecule has 0 atom stereocenters. The van der Waals surface area contributed by atoms with E-state index in [0.717, 1.165) is 16.0 Å². The molecule has 0 saturated heterocycles. The van der Waals surface area contributed by atoms with Gasteiger partial charge < -0.3 is 15.4 Å². The lowest BCUT2D eigenvalue weighted by Gasteiger charge is -2.19. The maximum atomic E-state index is 11.5. The molecule has 0 bridgehead atoms. The summed E-state index contributed by atoms with van der Waals surface area (Å²) in [5.41, 5.74) is -0.479. The van der Waals surface area contributed by atoms with E-state index >= 15 is 0 Å².